The molecule has 0 heterocycles. The van der Waals surface area contributed by atoms with Crippen molar-refractivity contribution in [2.24, 2.45) is 0 Å². The van der Waals surface area contributed by atoms with Crippen molar-refractivity contribution in [2.45, 2.75) is 51.4 Å². The molecule has 6 nitrogen and oxygen atoms in total. The smallest absolute Gasteiger partial charge is 0.161 e. The van der Waals surface area contributed by atoms with Crippen LogP contribution in [0.2, 0.25) is 0 Å². The maximum atomic E-state index is 10.6. The first-order valence-electron chi connectivity index (χ1n) is 10.4. The molecule has 0 aliphatic carbocycles. The molecule has 0 atom stereocenters. The Bertz CT molecular complexity index is 1150. The number of benzene rings is 3. The number of aromatic hydroxyl groups is 6. The second-order valence-corrected chi connectivity index (χ2v) is 9.66. The zero-order valence-electron chi connectivity index (χ0n) is 18.7. The Morgan fingerprint density at radius 1 is 0.531 bits per heavy atom. The Hall–Kier alpha value is -3.54. The summed E-state index contributed by atoms with van der Waals surface area (Å²) in [7, 11) is 0. The van der Waals surface area contributed by atoms with Crippen LogP contribution in [0.15, 0.2) is 48.5 Å². The number of hydrogen-bond donors (Lipinski definition) is 6. The van der Waals surface area contributed by atoms with Crippen LogP contribution in [-0.4, -0.2) is 30.6 Å². The van der Waals surface area contributed by atoms with Crippen LogP contribution in [0.1, 0.15) is 49.9 Å². The van der Waals surface area contributed by atoms with Crippen LogP contribution >= 0.6 is 0 Å². The van der Waals surface area contributed by atoms with Gasteiger partial charge in [-0.05, 0) is 70.7 Å². The average Bonchev–Trinajstić information content (AvgIpc) is 2.68. The second-order valence-electron chi connectivity index (χ2n) is 9.66. The Balaban J connectivity index is 1.95. The molecule has 0 aliphatic heterocycles. The van der Waals surface area contributed by atoms with Crippen molar-refractivity contribution in [1.82, 2.24) is 0 Å². The van der Waals surface area contributed by atoms with E-state index in [-0.39, 0.29) is 34.5 Å². The van der Waals surface area contributed by atoms with Crippen LogP contribution < -0.4 is 0 Å². The van der Waals surface area contributed by atoms with E-state index in [1.54, 1.807) is 12.1 Å². The third kappa shape index (κ3) is 4.69. The van der Waals surface area contributed by atoms with Gasteiger partial charge in [-0.2, -0.15) is 0 Å². The quantitative estimate of drug-likeness (QED) is 0.303. The van der Waals surface area contributed by atoms with Crippen LogP contribution in [0.3, 0.4) is 0 Å². The Kier molecular flexibility index (Phi) is 5.92. The topological polar surface area (TPSA) is 121 Å². The Morgan fingerprint density at radius 2 is 1.06 bits per heavy atom. The molecule has 0 amide bonds. The summed E-state index contributed by atoms with van der Waals surface area (Å²) in [5.41, 5.74) is 1.93. The van der Waals surface area contributed by atoms with Gasteiger partial charge in [-0.25, -0.2) is 0 Å². The summed E-state index contributed by atoms with van der Waals surface area (Å²) < 4.78 is 0. The fourth-order valence-electron chi connectivity index (χ4n) is 4.14. The van der Waals surface area contributed by atoms with Gasteiger partial charge in [0.15, 0.2) is 34.5 Å². The van der Waals surface area contributed by atoms with Crippen LogP contribution in [0.4, 0.5) is 0 Å². The SMILES string of the molecule is CC(C)(Cc1cc(O)c(O)c(C(C)(C)Cc2ccc(O)c(O)c2)c1)c1ccc(O)c(O)c1. The molecule has 0 saturated heterocycles. The van der Waals surface area contributed by atoms with E-state index >= 15 is 0 Å². The third-order valence-electron chi connectivity index (χ3n) is 5.97. The molecule has 0 saturated carbocycles. The van der Waals surface area contributed by atoms with Crippen LogP contribution in [0, 0.1) is 0 Å². The van der Waals surface area contributed by atoms with Gasteiger partial charge >= 0.3 is 0 Å². The van der Waals surface area contributed by atoms with Crippen molar-refractivity contribution in [2.75, 3.05) is 0 Å². The molecule has 0 unspecified atom stereocenters. The van der Waals surface area contributed by atoms with Gasteiger partial charge in [0.2, 0.25) is 0 Å². The fourth-order valence-corrected chi connectivity index (χ4v) is 4.14. The minimum atomic E-state index is -0.595. The maximum Gasteiger partial charge on any atom is 0.161 e. The minimum absolute atomic E-state index is 0.184. The minimum Gasteiger partial charge on any atom is -0.504 e. The lowest BCUT2D eigenvalue weighted by molar-refractivity contribution is 0.381. The highest BCUT2D eigenvalue weighted by Gasteiger charge is 2.29. The van der Waals surface area contributed by atoms with E-state index < -0.39 is 10.8 Å². The summed E-state index contributed by atoms with van der Waals surface area (Å²) in [6, 6.07) is 12.7. The van der Waals surface area contributed by atoms with Crippen molar-refractivity contribution in [1.29, 1.82) is 0 Å². The van der Waals surface area contributed by atoms with Crippen molar-refractivity contribution in [3.05, 3.63) is 70.8 Å². The lowest BCUT2D eigenvalue weighted by Crippen LogP contribution is -2.23. The molecule has 0 aliphatic rings. The van der Waals surface area contributed by atoms with E-state index in [2.05, 4.69) is 0 Å². The normalized spacial score (nSPS) is 12.1. The van der Waals surface area contributed by atoms with E-state index in [1.807, 2.05) is 33.8 Å². The average molecular weight is 439 g/mol. The zero-order valence-corrected chi connectivity index (χ0v) is 18.7. The predicted molar refractivity (Wildman–Crippen MR) is 123 cm³/mol. The van der Waals surface area contributed by atoms with Crippen LogP contribution in [-0.2, 0) is 23.7 Å². The van der Waals surface area contributed by atoms with Crippen LogP contribution in [0.5, 0.6) is 34.5 Å². The third-order valence-corrected chi connectivity index (χ3v) is 5.97. The van der Waals surface area contributed by atoms with Crippen LogP contribution in [0.25, 0.3) is 0 Å². The highest BCUT2D eigenvalue weighted by atomic mass is 16.3. The first-order chi connectivity index (χ1) is 14.8. The molecule has 6 N–H and O–H groups in total. The summed E-state index contributed by atoms with van der Waals surface area (Å²) in [6.07, 6.45) is 0.959. The molecular weight excluding hydrogens is 408 g/mol. The molecule has 0 aromatic heterocycles. The van der Waals surface area contributed by atoms with Gasteiger partial charge in [0, 0.05) is 5.56 Å². The van der Waals surface area contributed by atoms with Gasteiger partial charge < -0.3 is 30.6 Å². The van der Waals surface area contributed by atoms with E-state index in [1.165, 1.54) is 30.3 Å². The van der Waals surface area contributed by atoms with Crippen molar-refractivity contribution in [3.63, 3.8) is 0 Å². The molecule has 3 rings (SSSR count). The molecule has 170 valence electrons. The fraction of sp³-hybridized carbons (Fsp3) is 0.308. The van der Waals surface area contributed by atoms with E-state index in [0.29, 0.717) is 18.4 Å². The lowest BCUT2D eigenvalue weighted by atomic mass is 9.75. The monoisotopic (exact) mass is 438 g/mol. The maximum absolute atomic E-state index is 10.6. The number of rotatable bonds is 6. The highest BCUT2D eigenvalue weighted by molar-refractivity contribution is 5.52. The Labute approximate surface area is 187 Å². The Morgan fingerprint density at radius 3 is 1.66 bits per heavy atom. The lowest BCUT2D eigenvalue weighted by Gasteiger charge is -2.30. The van der Waals surface area contributed by atoms with E-state index in [4.69, 9.17) is 0 Å². The molecular formula is C26H30O6. The largest absolute Gasteiger partial charge is 0.504 e. The number of phenolic OH excluding ortho intramolecular Hbond substituents is 6. The summed E-state index contributed by atoms with van der Waals surface area (Å²) in [5, 5.41) is 59.9. The summed E-state index contributed by atoms with van der Waals surface area (Å²) >= 11 is 0. The molecule has 3 aromatic carbocycles. The van der Waals surface area contributed by atoms with Gasteiger partial charge in [-0.1, -0.05) is 45.9 Å². The summed E-state index contributed by atoms with van der Waals surface area (Å²) in [5.74, 6) is -1.20. The number of hydrogen-bond acceptors (Lipinski definition) is 6. The second kappa shape index (κ2) is 8.19. The van der Waals surface area contributed by atoms with Gasteiger partial charge in [0.1, 0.15) is 0 Å². The summed E-state index contributed by atoms with van der Waals surface area (Å²) in [4.78, 5) is 0. The van der Waals surface area contributed by atoms with Crippen molar-refractivity contribution >= 4 is 0 Å². The van der Waals surface area contributed by atoms with Crippen molar-refractivity contribution < 1.29 is 30.6 Å². The standard InChI is InChI=1S/C26H30O6/c1-25(2,17-6-8-20(28)22(30)12-17)14-16-9-18(24(32)23(31)11-16)26(3,4)13-15-5-7-19(27)21(29)10-15/h5-12,27-32H,13-14H2,1-4H3. The summed E-state index contributed by atoms with van der Waals surface area (Å²) in [6.45, 7) is 7.84. The molecule has 0 radical (unpaired) electrons. The molecule has 0 spiro atoms. The van der Waals surface area contributed by atoms with Gasteiger partial charge in [0.05, 0.1) is 0 Å². The van der Waals surface area contributed by atoms with E-state index in [9.17, 15) is 30.6 Å². The zero-order chi connectivity index (χ0) is 23.8. The van der Waals surface area contributed by atoms with Crippen molar-refractivity contribution in [3.8, 4) is 34.5 Å². The molecule has 0 fully saturated rings. The molecule has 0 bridgehead atoms. The highest BCUT2D eigenvalue weighted by Crippen LogP contribution is 2.42. The first-order valence-corrected chi connectivity index (χ1v) is 10.4. The molecule has 3 aromatic rings. The first kappa shape index (κ1) is 23.1. The van der Waals surface area contributed by atoms with E-state index in [0.717, 1.165) is 16.7 Å². The predicted octanol–water partition coefficient (Wildman–Crippen LogP) is 4.96. The van der Waals surface area contributed by atoms with Gasteiger partial charge in [-0.15, -0.1) is 0 Å². The van der Waals surface area contributed by atoms with Gasteiger partial charge in [-0.3, -0.25) is 0 Å². The molecule has 32 heavy (non-hydrogen) atoms. The van der Waals surface area contributed by atoms with Gasteiger partial charge in [0.25, 0.3) is 0 Å². The number of phenols is 6. The molecule has 6 heteroatoms.